The van der Waals surface area contributed by atoms with Crippen molar-refractivity contribution in [3.63, 3.8) is 0 Å². The molecule has 9 nitrogen and oxygen atoms in total. The molecular formula is C15H25N5O4. The first-order valence-corrected chi connectivity index (χ1v) is 8.36. The summed E-state index contributed by atoms with van der Waals surface area (Å²) in [6.45, 7) is 1.97. The van der Waals surface area contributed by atoms with Gasteiger partial charge in [0, 0.05) is 0 Å². The Morgan fingerprint density at radius 3 is 2.83 bits per heavy atom. The molecule has 0 aromatic rings. The number of aliphatic hydroxyl groups is 3. The highest BCUT2D eigenvalue weighted by Crippen LogP contribution is 2.30. The quantitative estimate of drug-likeness (QED) is 0.450. The van der Waals surface area contributed by atoms with Crippen molar-refractivity contribution < 1.29 is 20.1 Å². The Morgan fingerprint density at radius 2 is 2.17 bits per heavy atom. The molecule has 24 heavy (non-hydrogen) atoms. The van der Waals surface area contributed by atoms with Crippen LogP contribution in [0.3, 0.4) is 0 Å². The molecule has 3 aliphatic heterocycles. The van der Waals surface area contributed by atoms with Crippen LogP contribution in [0.5, 0.6) is 0 Å². The number of hydrogen-bond acceptors (Lipinski definition) is 9. The van der Waals surface area contributed by atoms with Gasteiger partial charge in [-0.25, -0.2) is 9.98 Å². The van der Waals surface area contributed by atoms with Crippen LogP contribution in [-0.4, -0.2) is 81.6 Å². The number of rotatable bonds is 6. The lowest BCUT2D eigenvalue weighted by Gasteiger charge is -2.32. The van der Waals surface area contributed by atoms with Crippen molar-refractivity contribution in [1.29, 1.82) is 0 Å². The van der Waals surface area contributed by atoms with Crippen molar-refractivity contribution in [3.8, 4) is 0 Å². The van der Waals surface area contributed by atoms with Crippen LogP contribution in [0.4, 0.5) is 0 Å². The van der Waals surface area contributed by atoms with Gasteiger partial charge in [0.15, 0.2) is 17.7 Å². The van der Waals surface area contributed by atoms with Gasteiger partial charge in [-0.15, -0.1) is 0 Å². The molecule has 0 aliphatic carbocycles. The molecule has 0 radical (unpaired) electrons. The molecule has 3 rings (SSSR count). The summed E-state index contributed by atoms with van der Waals surface area (Å²) in [6, 6.07) is 0. The molecule has 1 unspecified atom stereocenters. The predicted molar refractivity (Wildman–Crippen MR) is 88.9 cm³/mol. The van der Waals surface area contributed by atoms with E-state index in [2.05, 4.69) is 21.9 Å². The fraction of sp³-hybridized carbons (Fsp3) is 0.800. The molecule has 3 heterocycles. The largest absolute Gasteiger partial charge is 0.394 e. The zero-order chi connectivity index (χ0) is 17.3. The number of nitrogens with zero attached hydrogens (tertiary/aromatic N) is 4. The Morgan fingerprint density at radius 1 is 1.38 bits per heavy atom. The van der Waals surface area contributed by atoms with Crippen LogP contribution in [0.1, 0.15) is 32.6 Å². The Labute approximate surface area is 140 Å². The lowest BCUT2D eigenvalue weighted by molar-refractivity contribution is -0.0688. The van der Waals surface area contributed by atoms with Gasteiger partial charge in [0.2, 0.25) is 0 Å². The third-order valence-electron chi connectivity index (χ3n) is 4.73. The fourth-order valence-corrected chi connectivity index (χ4v) is 3.30. The summed E-state index contributed by atoms with van der Waals surface area (Å²) in [5.41, 5.74) is 6.10. The van der Waals surface area contributed by atoms with Crippen LogP contribution in [-0.2, 0) is 4.74 Å². The summed E-state index contributed by atoms with van der Waals surface area (Å²) in [7, 11) is 0. The van der Waals surface area contributed by atoms with E-state index < -0.39 is 30.2 Å². The van der Waals surface area contributed by atoms with Gasteiger partial charge >= 0.3 is 0 Å². The third-order valence-corrected chi connectivity index (χ3v) is 4.73. The highest BCUT2D eigenvalue weighted by Gasteiger charge is 2.50. The highest BCUT2D eigenvalue weighted by atomic mass is 16.6. The SMILES string of the molecule is CCCCCC1(N)N=CN=C2C1=NCN2[C@@H]1O[C@H](CO)[C@@H](O)[C@H]1O. The topological polar surface area (TPSA) is 136 Å². The number of unbranched alkanes of at least 4 members (excludes halogenated alkanes) is 2. The number of aliphatic hydroxyl groups excluding tert-OH is 3. The van der Waals surface area contributed by atoms with Crippen LogP contribution >= 0.6 is 0 Å². The first kappa shape index (κ1) is 17.4. The summed E-state index contributed by atoms with van der Waals surface area (Å²) in [4.78, 5) is 14.7. The molecule has 0 bridgehead atoms. The monoisotopic (exact) mass is 339 g/mol. The first-order chi connectivity index (χ1) is 11.5. The van der Waals surface area contributed by atoms with Gasteiger partial charge in [0.25, 0.3) is 0 Å². The molecule has 5 N–H and O–H groups in total. The third kappa shape index (κ3) is 2.86. The van der Waals surface area contributed by atoms with Crippen molar-refractivity contribution >= 4 is 17.9 Å². The second kappa shape index (κ2) is 6.85. The summed E-state index contributed by atoms with van der Waals surface area (Å²) in [6.07, 6.45) is 1.18. The predicted octanol–water partition coefficient (Wildman–Crippen LogP) is -1.18. The van der Waals surface area contributed by atoms with Crippen LogP contribution in [0.25, 0.3) is 0 Å². The lowest BCUT2D eigenvalue weighted by Crippen LogP contribution is -2.55. The maximum Gasteiger partial charge on any atom is 0.162 e. The number of ether oxygens (including phenoxy) is 1. The van der Waals surface area contributed by atoms with E-state index in [1.54, 1.807) is 4.90 Å². The highest BCUT2D eigenvalue weighted by molar-refractivity contribution is 6.47. The Kier molecular flexibility index (Phi) is 4.97. The molecule has 0 aromatic heterocycles. The van der Waals surface area contributed by atoms with Gasteiger partial charge in [-0.3, -0.25) is 4.99 Å². The van der Waals surface area contributed by atoms with Crippen LogP contribution in [0.2, 0.25) is 0 Å². The molecule has 9 heteroatoms. The first-order valence-electron chi connectivity index (χ1n) is 8.36. The Hall–Kier alpha value is -1.39. The number of amidine groups is 1. The number of aliphatic imine (C=N–C) groups is 3. The molecule has 3 aliphatic rings. The summed E-state index contributed by atoms with van der Waals surface area (Å²) in [5, 5.41) is 29.4. The van der Waals surface area contributed by atoms with Crippen LogP contribution in [0.15, 0.2) is 15.0 Å². The second-order valence-electron chi connectivity index (χ2n) is 6.43. The molecule has 134 valence electrons. The molecule has 0 spiro atoms. The smallest absolute Gasteiger partial charge is 0.162 e. The molecule has 1 fully saturated rings. The van der Waals surface area contributed by atoms with Crippen LogP contribution < -0.4 is 5.73 Å². The fourth-order valence-electron chi connectivity index (χ4n) is 3.30. The van der Waals surface area contributed by atoms with E-state index in [0.29, 0.717) is 18.0 Å². The van der Waals surface area contributed by atoms with E-state index in [9.17, 15) is 15.3 Å². The molecule has 0 aromatic carbocycles. The molecule has 1 saturated heterocycles. The van der Waals surface area contributed by atoms with Gasteiger partial charge in [0.1, 0.15) is 37.0 Å². The van der Waals surface area contributed by atoms with Crippen molar-refractivity contribution in [1.82, 2.24) is 4.90 Å². The second-order valence-corrected chi connectivity index (χ2v) is 6.43. The summed E-state index contributed by atoms with van der Waals surface area (Å²) < 4.78 is 5.57. The molecule has 0 saturated carbocycles. The van der Waals surface area contributed by atoms with Gasteiger partial charge in [-0.05, 0) is 12.8 Å². The number of hydrogen-bond donors (Lipinski definition) is 4. The minimum atomic E-state index is -1.16. The van der Waals surface area contributed by atoms with E-state index in [4.69, 9.17) is 10.5 Å². The summed E-state index contributed by atoms with van der Waals surface area (Å²) >= 11 is 0. The normalized spacial score (nSPS) is 38.3. The van der Waals surface area contributed by atoms with Crippen molar-refractivity contribution in [2.45, 2.75) is 62.8 Å². The minimum Gasteiger partial charge on any atom is -0.394 e. The maximum absolute atomic E-state index is 10.2. The van der Waals surface area contributed by atoms with E-state index in [0.717, 1.165) is 19.3 Å². The molecule has 5 atom stereocenters. The lowest BCUT2D eigenvalue weighted by atomic mass is 9.96. The average Bonchev–Trinajstić information content (AvgIpc) is 3.11. The van der Waals surface area contributed by atoms with E-state index in [1.165, 1.54) is 6.34 Å². The molecular weight excluding hydrogens is 314 g/mol. The summed E-state index contributed by atoms with van der Waals surface area (Å²) in [5.74, 6) is 0.513. The minimum absolute atomic E-state index is 0.219. The zero-order valence-corrected chi connectivity index (χ0v) is 13.7. The molecule has 0 amide bonds. The Balaban J connectivity index is 1.75. The van der Waals surface area contributed by atoms with Gasteiger partial charge < -0.3 is 30.7 Å². The van der Waals surface area contributed by atoms with E-state index in [1.807, 2.05) is 0 Å². The number of fused-ring (bicyclic) bond motifs is 1. The number of nitrogens with two attached hydrogens (primary N) is 1. The van der Waals surface area contributed by atoms with Gasteiger partial charge in [0.05, 0.1) is 6.61 Å². The Bertz CT molecular complexity index is 566. The maximum atomic E-state index is 10.2. The average molecular weight is 339 g/mol. The standard InChI is InChI=1S/C15H25N5O4/c1-2-3-4-5-15(16)12-13(17-7-19-15)20(8-18-12)14-11(23)10(22)9(6-21)24-14/h7,9-11,14,21-23H,2-6,8,16H2,1H3/t9-,10-,11-,14-,15?/m1/s1. The van der Waals surface area contributed by atoms with E-state index >= 15 is 0 Å². The van der Waals surface area contributed by atoms with Crippen molar-refractivity contribution in [2.75, 3.05) is 13.3 Å². The van der Waals surface area contributed by atoms with Crippen LogP contribution in [0, 0.1) is 0 Å². The van der Waals surface area contributed by atoms with Gasteiger partial charge in [-0.2, -0.15) is 0 Å². The zero-order valence-electron chi connectivity index (χ0n) is 13.7. The van der Waals surface area contributed by atoms with Gasteiger partial charge in [-0.1, -0.05) is 19.8 Å². The van der Waals surface area contributed by atoms with Crippen molar-refractivity contribution in [2.24, 2.45) is 20.7 Å². The van der Waals surface area contributed by atoms with Crippen molar-refractivity contribution in [3.05, 3.63) is 0 Å². The van der Waals surface area contributed by atoms with E-state index in [-0.39, 0.29) is 13.3 Å².